The Morgan fingerprint density at radius 3 is 2.55 bits per heavy atom. The Hall–Kier alpha value is -2.68. The molecule has 0 saturated carbocycles. The number of nitrogens with one attached hydrogen (secondary N) is 1. The van der Waals surface area contributed by atoms with Crippen molar-refractivity contribution >= 4 is 11.7 Å². The molecular formula is C19H17NO2. The first-order valence-corrected chi connectivity index (χ1v) is 7.40. The first-order valence-electron chi connectivity index (χ1n) is 7.40. The summed E-state index contributed by atoms with van der Waals surface area (Å²) < 4.78 is 0. The lowest BCUT2D eigenvalue weighted by Gasteiger charge is -2.05. The summed E-state index contributed by atoms with van der Waals surface area (Å²) in [7, 11) is 0. The monoisotopic (exact) mass is 291 g/mol. The van der Waals surface area contributed by atoms with Crippen molar-refractivity contribution in [2.45, 2.75) is 13.3 Å². The number of rotatable bonds is 4. The number of carbonyl (C=O) groups is 2. The van der Waals surface area contributed by atoms with Gasteiger partial charge in [-0.05, 0) is 36.6 Å². The second-order valence-corrected chi connectivity index (χ2v) is 5.25. The summed E-state index contributed by atoms with van der Waals surface area (Å²) in [6.45, 7) is 2.54. The van der Waals surface area contributed by atoms with E-state index in [-0.39, 0.29) is 11.7 Å². The number of benzene rings is 2. The highest BCUT2D eigenvalue weighted by molar-refractivity contribution is 6.22. The van der Waals surface area contributed by atoms with Crippen LogP contribution in [-0.4, -0.2) is 18.2 Å². The number of hydrogen-bond donors (Lipinski definition) is 1. The SMILES string of the molecule is C/C=C/CCNC(=O)c1ccc2c(c1)C(=O)c1ccccc1-2. The highest BCUT2D eigenvalue weighted by Gasteiger charge is 2.26. The smallest absolute Gasteiger partial charge is 0.251 e. The minimum atomic E-state index is -0.143. The Kier molecular flexibility index (Phi) is 3.88. The Bertz CT molecular complexity index is 775. The van der Waals surface area contributed by atoms with Crippen LogP contribution in [0.5, 0.6) is 0 Å². The van der Waals surface area contributed by atoms with E-state index in [9.17, 15) is 9.59 Å². The maximum absolute atomic E-state index is 12.4. The van der Waals surface area contributed by atoms with Gasteiger partial charge < -0.3 is 5.32 Å². The van der Waals surface area contributed by atoms with E-state index in [0.29, 0.717) is 23.2 Å². The van der Waals surface area contributed by atoms with Crippen LogP contribution in [0, 0.1) is 0 Å². The van der Waals surface area contributed by atoms with Gasteiger partial charge in [0.1, 0.15) is 0 Å². The number of ketones is 1. The fourth-order valence-corrected chi connectivity index (χ4v) is 2.71. The number of amides is 1. The third-order valence-corrected chi connectivity index (χ3v) is 3.82. The molecule has 3 nitrogen and oxygen atoms in total. The fraction of sp³-hybridized carbons (Fsp3) is 0.158. The molecule has 0 bridgehead atoms. The van der Waals surface area contributed by atoms with Gasteiger partial charge in [0.2, 0.25) is 0 Å². The van der Waals surface area contributed by atoms with Crippen molar-refractivity contribution in [1.82, 2.24) is 5.32 Å². The van der Waals surface area contributed by atoms with Crippen LogP contribution in [0.25, 0.3) is 11.1 Å². The van der Waals surface area contributed by atoms with Crippen LogP contribution < -0.4 is 5.32 Å². The summed E-state index contributed by atoms with van der Waals surface area (Å²) in [6, 6.07) is 12.9. The third-order valence-electron chi connectivity index (χ3n) is 3.82. The summed E-state index contributed by atoms with van der Waals surface area (Å²) in [4.78, 5) is 24.6. The second kappa shape index (κ2) is 5.98. The fourth-order valence-electron chi connectivity index (χ4n) is 2.71. The van der Waals surface area contributed by atoms with E-state index < -0.39 is 0 Å². The molecule has 3 heteroatoms. The summed E-state index contributed by atoms with van der Waals surface area (Å²) in [5.74, 6) is -0.148. The molecule has 0 spiro atoms. The van der Waals surface area contributed by atoms with Gasteiger partial charge in [0.25, 0.3) is 5.91 Å². The molecule has 110 valence electrons. The van der Waals surface area contributed by atoms with E-state index >= 15 is 0 Å². The van der Waals surface area contributed by atoms with E-state index in [4.69, 9.17) is 0 Å². The molecule has 1 N–H and O–H groups in total. The van der Waals surface area contributed by atoms with E-state index in [1.807, 2.05) is 49.4 Å². The average Bonchev–Trinajstić information content (AvgIpc) is 2.84. The number of hydrogen-bond acceptors (Lipinski definition) is 2. The van der Waals surface area contributed by atoms with Gasteiger partial charge in [0.05, 0.1) is 0 Å². The van der Waals surface area contributed by atoms with Crippen LogP contribution in [0.2, 0.25) is 0 Å². The van der Waals surface area contributed by atoms with E-state index in [1.165, 1.54) is 0 Å². The van der Waals surface area contributed by atoms with Gasteiger partial charge in [-0.3, -0.25) is 9.59 Å². The molecule has 1 amide bonds. The predicted octanol–water partition coefficient (Wildman–Crippen LogP) is 3.59. The van der Waals surface area contributed by atoms with Gasteiger partial charge in [-0.15, -0.1) is 0 Å². The number of allylic oxidation sites excluding steroid dienone is 1. The minimum Gasteiger partial charge on any atom is -0.352 e. The van der Waals surface area contributed by atoms with Crippen LogP contribution in [0.4, 0.5) is 0 Å². The molecule has 3 rings (SSSR count). The van der Waals surface area contributed by atoms with Crippen LogP contribution in [0.15, 0.2) is 54.6 Å². The summed E-state index contributed by atoms with van der Waals surface area (Å²) in [5, 5.41) is 2.86. The standard InChI is InChI=1S/C19H17NO2/c1-2-3-6-11-20-19(22)13-9-10-15-14-7-4-5-8-16(14)18(21)17(15)12-13/h2-5,7-10,12H,6,11H2,1H3,(H,20,22)/b3-2+. The van der Waals surface area contributed by atoms with Crippen LogP contribution in [0.1, 0.15) is 39.6 Å². The van der Waals surface area contributed by atoms with Crippen molar-refractivity contribution in [1.29, 1.82) is 0 Å². The van der Waals surface area contributed by atoms with Crippen molar-refractivity contribution in [3.8, 4) is 11.1 Å². The quantitative estimate of drug-likeness (QED) is 0.590. The van der Waals surface area contributed by atoms with Crippen molar-refractivity contribution < 1.29 is 9.59 Å². The molecule has 1 aliphatic carbocycles. The lowest BCUT2D eigenvalue weighted by Crippen LogP contribution is -2.24. The minimum absolute atomic E-state index is 0.00540. The molecule has 0 unspecified atom stereocenters. The van der Waals surface area contributed by atoms with Crippen LogP contribution in [0.3, 0.4) is 0 Å². The number of carbonyl (C=O) groups excluding carboxylic acids is 2. The molecule has 2 aromatic rings. The van der Waals surface area contributed by atoms with E-state index in [1.54, 1.807) is 12.1 Å². The van der Waals surface area contributed by atoms with Crippen LogP contribution >= 0.6 is 0 Å². The molecular weight excluding hydrogens is 274 g/mol. The van der Waals surface area contributed by atoms with Crippen LogP contribution in [-0.2, 0) is 0 Å². The zero-order chi connectivity index (χ0) is 15.5. The van der Waals surface area contributed by atoms with Gasteiger partial charge in [0.15, 0.2) is 5.78 Å². The van der Waals surface area contributed by atoms with Crippen molar-refractivity contribution in [2.24, 2.45) is 0 Å². The van der Waals surface area contributed by atoms with Gasteiger partial charge in [-0.25, -0.2) is 0 Å². The average molecular weight is 291 g/mol. The molecule has 0 atom stereocenters. The maximum atomic E-state index is 12.4. The zero-order valence-corrected chi connectivity index (χ0v) is 12.4. The molecule has 0 aliphatic heterocycles. The maximum Gasteiger partial charge on any atom is 0.251 e. The summed E-state index contributed by atoms with van der Waals surface area (Å²) in [5.41, 5.74) is 3.71. The van der Waals surface area contributed by atoms with Crippen molar-refractivity contribution in [3.05, 3.63) is 71.3 Å². The van der Waals surface area contributed by atoms with Crippen molar-refractivity contribution in [2.75, 3.05) is 6.54 Å². The molecule has 0 saturated heterocycles. The largest absolute Gasteiger partial charge is 0.352 e. The normalized spacial score (nSPS) is 12.3. The molecule has 0 heterocycles. The molecule has 0 aromatic heterocycles. The lowest BCUT2D eigenvalue weighted by atomic mass is 10.0. The Balaban J connectivity index is 1.84. The Labute approximate surface area is 129 Å². The Morgan fingerprint density at radius 1 is 1.05 bits per heavy atom. The lowest BCUT2D eigenvalue weighted by molar-refractivity contribution is 0.0954. The topological polar surface area (TPSA) is 46.2 Å². The first kappa shape index (κ1) is 14.3. The first-order chi connectivity index (χ1) is 10.7. The van der Waals surface area contributed by atoms with Gasteiger partial charge in [-0.2, -0.15) is 0 Å². The molecule has 22 heavy (non-hydrogen) atoms. The highest BCUT2D eigenvalue weighted by atomic mass is 16.1. The van der Waals surface area contributed by atoms with E-state index in [2.05, 4.69) is 5.32 Å². The van der Waals surface area contributed by atoms with Gasteiger partial charge in [-0.1, -0.05) is 42.5 Å². The van der Waals surface area contributed by atoms with Crippen molar-refractivity contribution in [3.63, 3.8) is 0 Å². The molecule has 2 aromatic carbocycles. The zero-order valence-electron chi connectivity index (χ0n) is 12.4. The summed E-state index contributed by atoms with van der Waals surface area (Å²) in [6.07, 6.45) is 4.76. The molecule has 0 fully saturated rings. The summed E-state index contributed by atoms with van der Waals surface area (Å²) >= 11 is 0. The molecule has 0 radical (unpaired) electrons. The predicted molar refractivity (Wildman–Crippen MR) is 87.1 cm³/mol. The third kappa shape index (κ3) is 2.46. The number of fused-ring (bicyclic) bond motifs is 3. The molecule has 1 aliphatic rings. The van der Waals surface area contributed by atoms with Gasteiger partial charge in [0, 0.05) is 23.2 Å². The highest BCUT2D eigenvalue weighted by Crippen LogP contribution is 2.36. The van der Waals surface area contributed by atoms with E-state index in [0.717, 1.165) is 17.5 Å². The Morgan fingerprint density at radius 2 is 1.77 bits per heavy atom. The van der Waals surface area contributed by atoms with Gasteiger partial charge >= 0.3 is 0 Å². The second-order valence-electron chi connectivity index (χ2n) is 5.25.